The van der Waals surface area contributed by atoms with E-state index in [9.17, 15) is 18.4 Å². The summed E-state index contributed by atoms with van der Waals surface area (Å²) in [5, 5.41) is 1.06. The van der Waals surface area contributed by atoms with Gasteiger partial charge < -0.3 is 9.80 Å². The Morgan fingerprint density at radius 2 is 2.12 bits per heavy atom. The third kappa shape index (κ3) is 3.67. The van der Waals surface area contributed by atoms with Gasteiger partial charge >= 0.3 is 5.69 Å². The van der Waals surface area contributed by atoms with Crippen molar-refractivity contribution in [2.45, 2.75) is 24.4 Å². The van der Waals surface area contributed by atoms with Crippen molar-refractivity contribution in [1.82, 2.24) is 9.88 Å². The van der Waals surface area contributed by atoms with Gasteiger partial charge in [-0.1, -0.05) is 18.2 Å². The van der Waals surface area contributed by atoms with Crippen LogP contribution in [0.3, 0.4) is 0 Å². The summed E-state index contributed by atoms with van der Waals surface area (Å²) in [6.45, 7) is 7.53. The number of carbonyl (C=O) groups is 1. The van der Waals surface area contributed by atoms with Gasteiger partial charge in [0.25, 0.3) is 0 Å². The van der Waals surface area contributed by atoms with Crippen LogP contribution in [-0.4, -0.2) is 47.2 Å². The third-order valence-corrected chi connectivity index (χ3v) is 7.74. The molecule has 2 aromatic carbocycles. The highest BCUT2D eigenvalue weighted by Gasteiger charge is 2.34. The Bertz CT molecular complexity index is 1410. The number of carbonyl (C=O) groups excluding carboxylic acids is 1. The molecule has 3 aromatic rings. The largest absolute Gasteiger partial charge is 0.497 e. The van der Waals surface area contributed by atoms with Gasteiger partial charge in [0, 0.05) is 48.6 Å². The first-order valence-corrected chi connectivity index (χ1v) is 12.2. The number of nitrogens with one attached hydrogen (secondary N) is 1. The number of piperazine rings is 1. The average Bonchev–Trinajstić information content (AvgIpc) is 2.81. The Balaban J connectivity index is 1.71. The van der Waals surface area contributed by atoms with Crippen LogP contribution in [0.5, 0.6) is 0 Å². The molecule has 1 N–H and O–H groups in total. The van der Waals surface area contributed by atoms with Crippen molar-refractivity contribution in [1.29, 1.82) is 0 Å². The van der Waals surface area contributed by atoms with E-state index in [1.165, 1.54) is 30.0 Å². The monoisotopic (exact) mass is 503 g/mol. The third-order valence-electron chi connectivity index (χ3n) is 6.37. The van der Waals surface area contributed by atoms with Gasteiger partial charge in [-0.15, -0.1) is 11.8 Å². The number of aryl methyl sites for hydroxylation is 1. The topological polar surface area (TPSA) is 60.3 Å². The molecule has 2 aliphatic rings. The zero-order valence-corrected chi connectivity index (χ0v) is 20.0. The molecule has 0 unspecified atom stereocenters. The highest BCUT2D eigenvalue weighted by atomic mass is 35.5. The first kappa shape index (κ1) is 22.9. The van der Waals surface area contributed by atoms with E-state index in [1.54, 1.807) is 15.5 Å². The molecule has 1 fully saturated rings. The number of benzene rings is 2. The lowest BCUT2D eigenvalue weighted by atomic mass is 10.0. The van der Waals surface area contributed by atoms with E-state index in [1.807, 2.05) is 6.92 Å². The molecule has 6 nitrogen and oxygen atoms in total. The molecule has 0 radical (unpaired) electrons. The first-order chi connectivity index (χ1) is 16.3. The Labute approximate surface area is 203 Å². The van der Waals surface area contributed by atoms with Gasteiger partial charge in [-0.25, -0.2) is 8.78 Å². The fourth-order valence-corrected chi connectivity index (χ4v) is 6.34. The minimum atomic E-state index is -0.711. The lowest BCUT2D eigenvalue weighted by Gasteiger charge is -2.39. The summed E-state index contributed by atoms with van der Waals surface area (Å²) >= 11 is 8.22. The maximum Gasteiger partial charge on any atom is 0.497 e. The zero-order chi connectivity index (χ0) is 24.1. The zero-order valence-electron chi connectivity index (χ0n) is 18.4. The molecule has 176 valence electrons. The van der Waals surface area contributed by atoms with E-state index in [0.717, 1.165) is 11.5 Å². The number of halogens is 3. The van der Waals surface area contributed by atoms with Gasteiger partial charge in [-0.3, -0.25) is 4.79 Å². The van der Waals surface area contributed by atoms with Crippen LogP contribution >= 0.6 is 23.4 Å². The molecule has 1 aromatic heterocycles. The van der Waals surface area contributed by atoms with Gasteiger partial charge in [0.15, 0.2) is 5.52 Å². The quantitative estimate of drug-likeness (QED) is 0.437. The molecule has 2 aliphatic heterocycles. The maximum absolute atomic E-state index is 14.8. The number of anilines is 1. The first-order valence-electron chi connectivity index (χ1n) is 10.9. The molecule has 1 atom stereocenters. The van der Waals surface area contributed by atoms with Crippen LogP contribution in [0, 0.1) is 11.6 Å². The van der Waals surface area contributed by atoms with Crippen molar-refractivity contribution < 1.29 is 18.1 Å². The van der Waals surface area contributed by atoms with Crippen LogP contribution in [0.1, 0.15) is 6.92 Å². The normalized spacial score (nSPS) is 17.8. The maximum atomic E-state index is 14.8. The molecular weight excluding hydrogens is 482 g/mol. The number of amides is 1. The summed E-state index contributed by atoms with van der Waals surface area (Å²) in [5.41, 5.74) is 1.05. The number of hydrogen-bond donors (Lipinski definition) is 1. The summed E-state index contributed by atoms with van der Waals surface area (Å²) < 4.78 is 30.0. The molecule has 0 bridgehead atoms. The molecule has 0 saturated carbocycles. The minimum absolute atomic E-state index is 0.0700. The second kappa shape index (κ2) is 8.70. The van der Waals surface area contributed by atoms with E-state index in [0.29, 0.717) is 58.7 Å². The lowest BCUT2D eigenvalue weighted by molar-refractivity contribution is -0.686. The Hall–Kier alpha value is -2.91. The minimum Gasteiger partial charge on any atom is -0.335 e. The summed E-state index contributed by atoms with van der Waals surface area (Å²) in [6.07, 6.45) is 1.30. The van der Waals surface area contributed by atoms with E-state index in [4.69, 9.17) is 11.6 Å². The summed E-state index contributed by atoms with van der Waals surface area (Å²) in [5.74, 6) is -0.276. The molecule has 0 aliphatic carbocycles. The van der Waals surface area contributed by atoms with Gasteiger partial charge in [0.05, 0.1) is 15.3 Å². The smallest absolute Gasteiger partial charge is 0.335 e. The molecule has 1 saturated heterocycles. The van der Waals surface area contributed by atoms with Crippen molar-refractivity contribution >= 4 is 46.0 Å². The van der Waals surface area contributed by atoms with E-state index >= 15 is 0 Å². The molecule has 1 amide bonds. The van der Waals surface area contributed by atoms with Crippen molar-refractivity contribution in [3.63, 3.8) is 0 Å². The standard InChI is InChI=1S/C24H21ClF2N4O2S/c1-3-19(32)29-6-7-30(13(2)12-29)23-16-11-17(25)20(15-5-4-14(26)10-18(15)27)22-21(16)31(8-9-34-22)24(33)28-23/h3-5,10-11,13H,1,6-9,12H2,2H3/p+1/t13-/m0/s1. The van der Waals surface area contributed by atoms with Crippen molar-refractivity contribution in [3.05, 3.63) is 64.1 Å². The fourth-order valence-electron chi connectivity index (χ4n) is 4.78. The average molecular weight is 504 g/mol. The summed E-state index contributed by atoms with van der Waals surface area (Å²) in [6, 6.07) is 5.07. The number of hydrogen-bond acceptors (Lipinski definition) is 4. The molecule has 5 rings (SSSR count). The Kier molecular flexibility index (Phi) is 5.85. The van der Waals surface area contributed by atoms with Gasteiger partial charge in [-0.05, 0) is 31.2 Å². The number of thioether (sulfide) groups is 1. The number of rotatable bonds is 3. The van der Waals surface area contributed by atoms with Crippen molar-refractivity contribution in [3.8, 4) is 11.1 Å². The molecular formula is C24H22ClF2N4O2S+. The molecule has 3 heterocycles. The van der Waals surface area contributed by atoms with Crippen molar-refractivity contribution in [2.75, 3.05) is 30.3 Å². The lowest BCUT2D eigenvalue weighted by Crippen LogP contribution is -2.57. The molecule has 10 heteroatoms. The SMILES string of the molecule is C=CC(=O)N1CCN(c2[nH]c(=O)[n+]3c4c(c(-c5ccc(F)cc5F)c(Cl)cc24)SCC3)[C@@H](C)C1. The predicted octanol–water partition coefficient (Wildman–Crippen LogP) is 3.74. The van der Waals surface area contributed by atoms with E-state index < -0.39 is 11.6 Å². The van der Waals surface area contributed by atoms with Crippen LogP contribution in [0.2, 0.25) is 5.02 Å². The Morgan fingerprint density at radius 3 is 2.82 bits per heavy atom. The van der Waals surface area contributed by atoms with Crippen molar-refractivity contribution in [2.24, 2.45) is 0 Å². The number of aromatic amines is 1. The number of H-pyrrole nitrogens is 1. The van der Waals surface area contributed by atoms with Gasteiger partial charge in [0.2, 0.25) is 11.7 Å². The van der Waals surface area contributed by atoms with E-state index in [2.05, 4.69) is 16.5 Å². The number of nitrogens with zero attached hydrogens (tertiary/aromatic N) is 3. The molecule has 34 heavy (non-hydrogen) atoms. The summed E-state index contributed by atoms with van der Waals surface area (Å²) in [4.78, 5) is 32.7. The van der Waals surface area contributed by atoms with Crippen LogP contribution in [0.25, 0.3) is 22.0 Å². The highest BCUT2D eigenvalue weighted by molar-refractivity contribution is 7.99. The van der Waals surface area contributed by atoms with Gasteiger partial charge in [-0.2, -0.15) is 14.3 Å². The summed E-state index contributed by atoms with van der Waals surface area (Å²) in [7, 11) is 0. The van der Waals surface area contributed by atoms with Crippen LogP contribution in [0.15, 0.2) is 46.6 Å². The van der Waals surface area contributed by atoms with Crippen LogP contribution in [0.4, 0.5) is 14.6 Å². The predicted molar refractivity (Wildman–Crippen MR) is 129 cm³/mol. The van der Waals surface area contributed by atoms with Crippen LogP contribution < -0.4 is 15.2 Å². The van der Waals surface area contributed by atoms with Crippen LogP contribution in [-0.2, 0) is 11.3 Å². The van der Waals surface area contributed by atoms with Gasteiger partial charge in [0.1, 0.15) is 18.2 Å². The molecule has 0 spiro atoms. The van der Waals surface area contributed by atoms with E-state index in [-0.39, 0.29) is 23.2 Å². The Morgan fingerprint density at radius 1 is 1.32 bits per heavy atom. The highest BCUT2D eigenvalue weighted by Crippen LogP contribution is 2.45. The number of aromatic nitrogens is 2. The fraction of sp³-hybridized carbons (Fsp3) is 0.292. The second-order valence-corrected chi connectivity index (χ2v) is 9.90. The second-order valence-electron chi connectivity index (χ2n) is 8.39.